The molecule has 3 aromatic heterocycles. The van der Waals surface area contributed by atoms with E-state index in [0.29, 0.717) is 30.4 Å². The number of pyridine rings is 1. The van der Waals surface area contributed by atoms with E-state index >= 15 is 0 Å². The van der Waals surface area contributed by atoms with Gasteiger partial charge in [-0.25, -0.2) is 17.4 Å². The molecular weight excluding hydrogens is 514 g/mol. The van der Waals surface area contributed by atoms with Crippen LogP contribution in [-0.2, 0) is 14.8 Å². The van der Waals surface area contributed by atoms with Crippen LogP contribution in [0.15, 0.2) is 95.9 Å². The van der Waals surface area contributed by atoms with Crippen molar-refractivity contribution in [1.29, 1.82) is 0 Å². The van der Waals surface area contributed by atoms with Crippen molar-refractivity contribution in [2.45, 2.75) is 11.3 Å². The van der Waals surface area contributed by atoms with Gasteiger partial charge in [-0.3, -0.25) is 9.78 Å². The molecule has 2 aliphatic rings. The van der Waals surface area contributed by atoms with Gasteiger partial charge >= 0.3 is 0 Å². The minimum Gasteiger partial charge on any atom is -0.364 e. The lowest BCUT2D eigenvalue weighted by Gasteiger charge is -2.35. The molecule has 10 nitrogen and oxygen atoms in total. The minimum atomic E-state index is -3.96. The van der Waals surface area contributed by atoms with Crippen molar-refractivity contribution in [3.05, 3.63) is 91.0 Å². The van der Waals surface area contributed by atoms with E-state index in [1.54, 1.807) is 36.7 Å². The van der Waals surface area contributed by atoms with Gasteiger partial charge in [0.15, 0.2) is 5.65 Å². The fourth-order valence-corrected chi connectivity index (χ4v) is 6.62. The number of fused-ring (bicyclic) bond motifs is 3. The number of nitrogens with zero attached hydrogens (tertiary/aromatic N) is 6. The summed E-state index contributed by atoms with van der Waals surface area (Å²) in [5.41, 5.74) is 3.57. The lowest BCUT2D eigenvalue weighted by molar-refractivity contribution is -0.127. The van der Waals surface area contributed by atoms with Gasteiger partial charge in [-0.15, -0.1) is 0 Å². The smallest absolute Gasteiger partial charge is 0.271 e. The molecule has 0 unspecified atom stereocenters. The summed E-state index contributed by atoms with van der Waals surface area (Å²) in [4.78, 5) is 29.4. The van der Waals surface area contributed by atoms with Crippen molar-refractivity contribution < 1.29 is 13.2 Å². The lowest BCUT2D eigenvalue weighted by atomic mass is 10.2. The summed E-state index contributed by atoms with van der Waals surface area (Å²) in [6.07, 6.45) is 7.16. The summed E-state index contributed by atoms with van der Waals surface area (Å²) in [5.74, 6) is 0.457. The predicted molar refractivity (Wildman–Crippen MR) is 148 cm³/mol. The van der Waals surface area contributed by atoms with Crippen molar-refractivity contribution in [2.75, 3.05) is 29.9 Å². The summed E-state index contributed by atoms with van der Waals surface area (Å²) in [6, 6.07) is 18.3. The number of piperazine rings is 1. The first kappa shape index (κ1) is 23.4. The Morgan fingerprint density at radius 1 is 0.897 bits per heavy atom. The summed E-state index contributed by atoms with van der Waals surface area (Å²) in [5, 5.41) is 4.53. The molecule has 0 aliphatic carbocycles. The molecule has 1 N–H and O–H groups in total. The quantitative estimate of drug-likeness (QED) is 0.359. The SMILES string of the molecule is O=C1CC=C2CN(c3ccc(Nc4ncc5ccn(S(=O)(=O)c6cccc7cccnc67)c5n4)cc3)CCN12. The molecule has 5 heterocycles. The molecule has 7 rings (SSSR count). The molecule has 0 radical (unpaired) electrons. The van der Waals surface area contributed by atoms with E-state index in [1.165, 1.54) is 10.2 Å². The number of hydrogen-bond donors (Lipinski definition) is 1. The molecule has 1 fully saturated rings. The average Bonchev–Trinajstić information content (AvgIpc) is 3.56. The average molecular weight is 538 g/mol. The first-order chi connectivity index (χ1) is 19.0. The molecule has 1 amide bonds. The Hall–Kier alpha value is -4.77. The summed E-state index contributed by atoms with van der Waals surface area (Å²) in [6.45, 7) is 2.17. The van der Waals surface area contributed by atoms with Crippen molar-refractivity contribution in [3.63, 3.8) is 0 Å². The van der Waals surface area contributed by atoms with Gasteiger partial charge in [0.1, 0.15) is 4.90 Å². The first-order valence-electron chi connectivity index (χ1n) is 12.5. The normalized spacial score (nSPS) is 15.6. The number of hydrogen-bond acceptors (Lipinski definition) is 8. The number of amides is 1. The van der Waals surface area contributed by atoms with Gasteiger partial charge in [0, 0.05) is 65.9 Å². The van der Waals surface area contributed by atoms with Gasteiger partial charge in [0.05, 0.1) is 12.1 Å². The second kappa shape index (κ2) is 8.91. The number of rotatable bonds is 5. The van der Waals surface area contributed by atoms with Gasteiger partial charge in [0.2, 0.25) is 11.9 Å². The van der Waals surface area contributed by atoms with E-state index in [-0.39, 0.29) is 22.4 Å². The maximum Gasteiger partial charge on any atom is 0.271 e. The van der Waals surface area contributed by atoms with E-state index in [1.807, 2.05) is 47.4 Å². The highest BCUT2D eigenvalue weighted by Gasteiger charge is 2.29. The molecule has 0 spiro atoms. The van der Waals surface area contributed by atoms with Gasteiger partial charge in [0.25, 0.3) is 10.0 Å². The zero-order chi connectivity index (χ0) is 26.6. The van der Waals surface area contributed by atoms with Gasteiger partial charge in [-0.05, 0) is 42.5 Å². The van der Waals surface area contributed by atoms with Crippen LogP contribution in [-0.4, -0.2) is 57.8 Å². The van der Waals surface area contributed by atoms with Crippen LogP contribution in [0.5, 0.6) is 0 Å². The van der Waals surface area contributed by atoms with Gasteiger partial charge in [-0.2, -0.15) is 4.98 Å². The molecule has 2 aliphatic heterocycles. The minimum absolute atomic E-state index is 0.111. The van der Waals surface area contributed by atoms with E-state index in [2.05, 4.69) is 25.2 Å². The third-order valence-corrected chi connectivity index (χ3v) is 8.82. The highest BCUT2D eigenvalue weighted by molar-refractivity contribution is 7.90. The molecule has 1 saturated heterocycles. The van der Waals surface area contributed by atoms with Crippen LogP contribution in [0.25, 0.3) is 21.9 Å². The van der Waals surface area contributed by atoms with E-state index < -0.39 is 10.0 Å². The molecule has 39 heavy (non-hydrogen) atoms. The molecule has 194 valence electrons. The summed E-state index contributed by atoms with van der Waals surface area (Å²) < 4.78 is 28.5. The largest absolute Gasteiger partial charge is 0.364 e. The highest BCUT2D eigenvalue weighted by Crippen LogP contribution is 2.29. The maximum absolute atomic E-state index is 13.7. The molecule has 5 aromatic rings. The molecular formula is C28H23N7O3S. The second-order valence-corrected chi connectivity index (χ2v) is 11.2. The summed E-state index contributed by atoms with van der Waals surface area (Å²) >= 11 is 0. The first-order valence-corrected chi connectivity index (χ1v) is 14.0. The van der Waals surface area contributed by atoms with Gasteiger partial charge < -0.3 is 15.1 Å². The van der Waals surface area contributed by atoms with Crippen LogP contribution in [0.3, 0.4) is 0 Å². The molecule has 11 heteroatoms. The van der Waals surface area contributed by atoms with Crippen molar-refractivity contribution in [1.82, 2.24) is 23.8 Å². The number of aromatic nitrogens is 4. The number of anilines is 3. The topological polar surface area (TPSA) is 113 Å². The molecule has 0 atom stereocenters. The zero-order valence-corrected chi connectivity index (χ0v) is 21.5. The Labute approximate surface area is 224 Å². The second-order valence-electron chi connectivity index (χ2n) is 9.46. The zero-order valence-electron chi connectivity index (χ0n) is 20.7. The monoisotopic (exact) mass is 537 g/mol. The molecule has 0 bridgehead atoms. The van der Waals surface area contributed by atoms with Crippen LogP contribution in [0.2, 0.25) is 0 Å². The van der Waals surface area contributed by atoms with Crippen molar-refractivity contribution in [3.8, 4) is 0 Å². The van der Waals surface area contributed by atoms with E-state index in [4.69, 9.17) is 0 Å². The van der Waals surface area contributed by atoms with Crippen molar-refractivity contribution in [2.24, 2.45) is 0 Å². The maximum atomic E-state index is 13.7. The third kappa shape index (κ3) is 3.98. The number of para-hydroxylation sites is 1. The third-order valence-electron chi connectivity index (χ3n) is 7.12. The van der Waals surface area contributed by atoms with Gasteiger partial charge in [-0.1, -0.05) is 24.3 Å². The number of benzene rings is 2. The number of nitrogens with one attached hydrogen (secondary N) is 1. The van der Waals surface area contributed by atoms with Crippen LogP contribution >= 0.6 is 0 Å². The molecule has 2 aromatic carbocycles. The Morgan fingerprint density at radius 2 is 1.74 bits per heavy atom. The van der Waals surface area contributed by atoms with E-state index in [0.717, 1.165) is 29.0 Å². The number of carbonyl (C=O) groups is 1. The fraction of sp³-hybridized carbons (Fsp3) is 0.143. The standard InChI is InChI=1S/C28H23N7O3S/c36-25-11-10-23-18-33(15-16-34(23)25)22-8-6-21(7-9-22)31-28-30-17-20-12-14-35(27(20)32-28)39(37,38)24-5-1-3-19-4-2-13-29-26(19)24/h1-10,12-14,17H,11,15-16,18H2,(H,30,31,32). The van der Waals surface area contributed by atoms with Crippen LogP contribution in [0.1, 0.15) is 6.42 Å². The Kier molecular flexibility index (Phi) is 5.34. The fourth-order valence-electron chi connectivity index (χ4n) is 5.14. The Balaban J connectivity index is 1.15. The van der Waals surface area contributed by atoms with E-state index in [9.17, 15) is 13.2 Å². The van der Waals surface area contributed by atoms with Crippen LogP contribution < -0.4 is 10.2 Å². The Morgan fingerprint density at radius 3 is 2.62 bits per heavy atom. The Bertz CT molecular complexity index is 1890. The van der Waals surface area contributed by atoms with Crippen molar-refractivity contribution >= 4 is 55.2 Å². The highest BCUT2D eigenvalue weighted by atomic mass is 32.2. The lowest BCUT2D eigenvalue weighted by Crippen LogP contribution is -2.44. The number of carbonyl (C=O) groups excluding carboxylic acids is 1. The predicted octanol–water partition coefficient (Wildman–Crippen LogP) is 3.90. The molecule has 0 saturated carbocycles. The van der Waals surface area contributed by atoms with Crippen LogP contribution in [0.4, 0.5) is 17.3 Å². The van der Waals surface area contributed by atoms with Crippen LogP contribution in [0, 0.1) is 0 Å². The summed E-state index contributed by atoms with van der Waals surface area (Å²) in [7, 11) is -3.96.